The summed E-state index contributed by atoms with van der Waals surface area (Å²) in [6.07, 6.45) is 3.08. The predicted octanol–water partition coefficient (Wildman–Crippen LogP) is 2.09. The summed E-state index contributed by atoms with van der Waals surface area (Å²) < 4.78 is 10.5. The van der Waals surface area contributed by atoms with Gasteiger partial charge in [-0.2, -0.15) is 5.26 Å². The third kappa shape index (κ3) is 3.29. The van der Waals surface area contributed by atoms with Gasteiger partial charge in [0.25, 0.3) is 0 Å². The SMILES string of the molecule is CC(C)[C@@H](C#N)NC(=O)/C=C/c1ccc2c(c1)OCO2. The molecule has 1 aromatic rings. The number of carbonyl (C=O) groups excluding carboxylic acids is 1. The number of amides is 1. The Morgan fingerprint density at radius 2 is 2.15 bits per heavy atom. The molecule has 5 nitrogen and oxygen atoms in total. The second-order valence-corrected chi connectivity index (χ2v) is 4.81. The lowest BCUT2D eigenvalue weighted by atomic mass is 10.1. The van der Waals surface area contributed by atoms with Gasteiger partial charge in [-0.05, 0) is 29.7 Å². The normalized spacial score (nSPS) is 14.3. The van der Waals surface area contributed by atoms with Gasteiger partial charge < -0.3 is 14.8 Å². The van der Waals surface area contributed by atoms with Crippen molar-refractivity contribution in [3.05, 3.63) is 29.8 Å². The van der Waals surface area contributed by atoms with Crippen LogP contribution in [0.25, 0.3) is 6.08 Å². The average Bonchev–Trinajstić information content (AvgIpc) is 2.89. The van der Waals surface area contributed by atoms with E-state index in [4.69, 9.17) is 14.7 Å². The average molecular weight is 272 g/mol. The van der Waals surface area contributed by atoms with Crippen LogP contribution in [0.1, 0.15) is 19.4 Å². The highest BCUT2D eigenvalue weighted by Crippen LogP contribution is 2.32. The summed E-state index contributed by atoms with van der Waals surface area (Å²) in [6.45, 7) is 3.99. The van der Waals surface area contributed by atoms with Gasteiger partial charge in [-0.25, -0.2) is 0 Å². The van der Waals surface area contributed by atoms with Gasteiger partial charge >= 0.3 is 0 Å². The maximum atomic E-state index is 11.7. The smallest absolute Gasteiger partial charge is 0.245 e. The summed E-state index contributed by atoms with van der Waals surface area (Å²) in [5, 5.41) is 11.6. The van der Waals surface area contributed by atoms with E-state index in [1.807, 2.05) is 19.9 Å². The standard InChI is InChI=1S/C15H16N2O3/c1-10(2)12(8-16)17-15(18)6-4-11-3-5-13-14(7-11)20-9-19-13/h3-7,10,12H,9H2,1-2H3,(H,17,18)/b6-4+/t12-/m1/s1. The Labute approximate surface area is 117 Å². The quantitative estimate of drug-likeness (QED) is 0.852. The van der Waals surface area contributed by atoms with E-state index in [1.165, 1.54) is 6.08 Å². The number of carbonyl (C=O) groups is 1. The number of hydrogen-bond donors (Lipinski definition) is 1. The number of fused-ring (bicyclic) bond motifs is 1. The summed E-state index contributed by atoms with van der Waals surface area (Å²) in [5.74, 6) is 1.16. The monoisotopic (exact) mass is 272 g/mol. The van der Waals surface area contributed by atoms with Crippen molar-refractivity contribution in [2.75, 3.05) is 6.79 Å². The van der Waals surface area contributed by atoms with Crippen molar-refractivity contribution in [1.29, 1.82) is 5.26 Å². The molecule has 0 aromatic heterocycles. The van der Waals surface area contributed by atoms with Gasteiger partial charge in [0.2, 0.25) is 12.7 Å². The van der Waals surface area contributed by atoms with Gasteiger partial charge in [0.15, 0.2) is 11.5 Å². The number of nitrogens with zero attached hydrogens (tertiary/aromatic N) is 1. The molecule has 1 N–H and O–H groups in total. The molecule has 0 radical (unpaired) electrons. The van der Waals surface area contributed by atoms with Gasteiger partial charge in [0.1, 0.15) is 6.04 Å². The summed E-state index contributed by atoms with van der Waals surface area (Å²) in [6, 6.07) is 7.01. The van der Waals surface area contributed by atoms with Crippen LogP contribution in [0.15, 0.2) is 24.3 Å². The third-order valence-corrected chi connectivity index (χ3v) is 2.93. The molecule has 0 bridgehead atoms. The van der Waals surface area contributed by atoms with Gasteiger partial charge in [0, 0.05) is 6.08 Å². The highest BCUT2D eigenvalue weighted by Gasteiger charge is 2.14. The maximum absolute atomic E-state index is 11.7. The Hall–Kier alpha value is -2.48. The zero-order valence-electron chi connectivity index (χ0n) is 11.4. The van der Waals surface area contributed by atoms with Crippen LogP contribution >= 0.6 is 0 Å². The van der Waals surface area contributed by atoms with E-state index in [-0.39, 0.29) is 18.6 Å². The molecule has 1 heterocycles. The summed E-state index contributed by atoms with van der Waals surface area (Å²) in [4.78, 5) is 11.7. The molecule has 1 aromatic carbocycles. The molecule has 0 saturated heterocycles. The molecule has 0 fully saturated rings. The minimum absolute atomic E-state index is 0.0721. The lowest BCUT2D eigenvalue weighted by Gasteiger charge is -2.13. The molecule has 0 aliphatic carbocycles. The van der Waals surface area contributed by atoms with E-state index in [2.05, 4.69) is 11.4 Å². The molecular weight excluding hydrogens is 256 g/mol. The van der Waals surface area contributed by atoms with E-state index in [0.717, 1.165) is 5.56 Å². The lowest BCUT2D eigenvalue weighted by molar-refractivity contribution is -0.117. The summed E-state index contributed by atoms with van der Waals surface area (Å²) >= 11 is 0. The van der Waals surface area contributed by atoms with E-state index in [0.29, 0.717) is 11.5 Å². The topological polar surface area (TPSA) is 71.4 Å². The first-order valence-electron chi connectivity index (χ1n) is 6.38. The zero-order chi connectivity index (χ0) is 14.5. The Morgan fingerprint density at radius 3 is 2.85 bits per heavy atom. The van der Waals surface area contributed by atoms with Crippen LogP contribution in [0.2, 0.25) is 0 Å². The minimum Gasteiger partial charge on any atom is -0.454 e. The first-order valence-corrected chi connectivity index (χ1v) is 6.38. The van der Waals surface area contributed by atoms with Crippen LogP contribution in [0, 0.1) is 17.2 Å². The Morgan fingerprint density at radius 1 is 1.40 bits per heavy atom. The number of ether oxygens (including phenoxy) is 2. The van der Waals surface area contributed by atoms with Crippen molar-refractivity contribution in [3.8, 4) is 17.6 Å². The maximum Gasteiger partial charge on any atom is 0.245 e. The van der Waals surface area contributed by atoms with Crippen molar-refractivity contribution in [3.63, 3.8) is 0 Å². The largest absolute Gasteiger partial charge is 0.454 e. The molecule has 0 spiro atoms. The molecule has 0 saturated carbocycles. The summed E-state index contributed by atoms with van der Waals surface area (Å²) in [7, 11) is 0. The van der Waals surface area contributed by atoms with Crippen LogP contribution in [-0.4, -0.2) is 18.7 Å². The Balaban J connectivity index is 1.99. The number of nitriles is 1. The molecule has 1 aliphatic heterocycles. The fourth-order valence-electron chi connectivity index (χ4n) is 1.74. The molecular formula is C15H16N2O3. The van der Waals surface area contributed by atoms with E-state index >= 15 is 0 Å². The van der Waals surface area contributed by atoms with Crippen LogP contribution in [0.4, 0.5) is 0 Å². The van der Waals surface area contributed by atoms with Gasteiger partial charge in [-0.3, -0.25) is 4.79 Å². The van der Waals surface area contributed by atoms with Crippen LogP contribution in [0.5, 0.6) is 11.5 Å². The molecule has 1 amide bonds. The summed E-state index contributed by atoms with van der Waals surface area (Å²) in [5.41, 5.74) is 0.836. The molecule has 1 atom stereocenters. The fraction of sp³-hybridized carbons (Fsp3) is 0.333. The second-order valence-electron chi connectivity index (χ2n) is 4.81. The zero-order valence-corrected chi connectivity index (χ0v) is 11.4. The molecule has 20 heavy (non-hydrogen) atoms. The number of rotatable bonds is 4. The predicted molar refractivity (Wildman–Crippen MR) is 74.0 cm³/mol. The number of benzene rings is 1. The third-order valence-electron chi connectivity index (χ3n) is 2.93. The lowest BCUT2D eigenvalue weighted by Crippen LogP contribution is -2.36. The van der Waals surface area contributed by atoms with Crippen molar-refractivity contribution < 1.29 is 14.3 Å². The Kier molecular flexibility index (Phi) is 4.26. The van der Waals surface area contributed by atoms with Crippen LogP contribution < -0.4 is 14.8 Å². The van der Waals surface area contributed by atoms with Crippen molar-refractivity contribution >= 4 is 12.0 Å². The number of nitrogens with one attached hydrogen (secondary N) is 1. The minimum atomic E-state index is -0.482. The second kappa shape index (κ2) is 6.11. The van der Waals surface area contributed by atoms with Crippen molar-refractivity contribution in [1.82, 2.24) is 5.32 Å². The van der Waals surface area contributed by atoms with E-state index in [1.54, 1.807) is 18.2 Å². The van der Waals surface area contributed by atoms with Gasteiger partial charge in [-0.1, -0.05) is 19.9 Å². The van der Waals surface area contributed by atoms with Crippen molar-refractivity contribution in [2.24, 2.45) is 5.92 Å². The molecule has 5 heteroatoms. The van der Waals surface area contributed by atoms with E-state index < -0.39 is 6.04 Å². The fourth-order valence-corrected chi connectivity index (χ4v) is 1.74. The number of hydrogen-bond acceptors (Lipinski definition) is 4. The van der Waals surface area contributed by atoms with Gasteiger partial charge in [0.05, 0.1) is 6.07 Å². The highest BCUT2D eigenvalue weighted by atomic mass is 16.7. The first-order chi connectivity index (χ1) is 9.60. The van der Waals surface area contributed by atoms with E-state index in [9.17, 15) is 4.79 Å². The van der Waals surface area contributed by atoms with Crippen molar-refractivity contribution in [2.45, 2.75) is 19.9 Å². The highest BCUT2D eigenvalue weighted by molar-refractivity contribution is 5.92. The van der Waals surface area contributed by atoms with Crippen LogP contribution in [-0.2, 0) is 4.79 Å². The molecule has 104 valence electrons. The molecule has 1 aliphatic rings. The first kappa shape index (κ1) is 13.9. The Bertz CT molecular complexity index is 573. The molecule has 2 rings (SSSR count). The van der Waals surface area contributed by atoms with Crippen LogP contribution in [0.3, 0.4) is 0 Å². The molecule has 0 unspecified atom stereocenters. The van der Waals surface area contributed by atoms with Gasteiger partial charge in [-0.15, -0.1) is 0 Å².